The summed E-state index contributed by atoms with van der Waals surface area (Å²) >= 11 is 0. The summed E-state index contributed by atoms with van der Waals surface area (Å²) in [4.78, 5) is 14.8. The number of amides is 1. The smallest absolute Gasteiger partial charge is 0.257 e. The van der Waals surface area contributed by atoms with Crippen LogP contribution >= 0.6 is 0 Å². The van der Waals surface area contributed by atoms with Gasteiger partial charge in [-0.1, -0.05) is 49.4 Å². The average Bonchev–Trinajstić information content (AvgIpc) is 2.63. The first-order chi connectivity index (χ1) is 12.0. The van der Waals surface area contributed by atoms with Crippen LogP contribution in [0, 0.1) is 5.92 Å². The van der Waals surface area contributed by atoms with Crippen molar-refractivity contribution in [3.63, 3.8) is 0 Å². The summed E-state index contributed by atoms with van der Waals surface area (Å²) in [5.41, 5.74) is 0.930. The van der Waals surface area contributed by atoms with Gasteiger partial charge in [0.15, 0.2) is 0 Å². The van der Waals surface area contributed by atoms with Crippen LogP contribution in [-0.4, -0.2) is 34.6 Å². The third-order valence-corrected chi connectivity index (χ3v) is 5.09. The Bertz CT molecular complexity index is 727. The highest BCUT2D eigenvalue weighted by molar-refractivity contribution is 5.97. The maximum absolute atomic E-state index is 13.0. The fraction of sp³-hybridized carbons (Fsp3) is 0.381. The Morgan fingerprint density at radius 3 is 2.60 bits per heavy atom. The van der Waals surface area contributed by atoms with E-state index in [1.54, 1.807) is 6.07 Å². The number of hydrogen-bond acceptors (Lipinski definition) is 3. The number of benzene rings is 2. The van der Waals surface area contributed by atoms with Gasteiger partial charge in [0.25, 0.3) is 5.91 Å². The first kappa shape index (κ1) is 17.5. The topological polar surface area (TPSA) is 49.8 Å². The molecule has 1 amide bonds. The molecule has 0 spiro atoms. The quantitative estimate of drug-likeness (QED) is 0.927. The summed E-state index contributed by atoms with van der Waals surface area (Å²) in [5, 5.41) is 10.3. The van der Waals surface area contributed by atoms with Crippen LogP contribution in [0.3, 0.4) is 0 Å². The Labute approximate surface area is 149 Å². The number of aliphatic hydroxyl groups is 1. The summed E-state index contributed by atoms with van der Waals surface area (Å²) < 4.78 is 5.91. The number of para-hydroxylation sites is 1. The lowest BCUT2D eigenvalue weighted by atomic mass is 9.84. The largest absolute Gasteiger partial charge is 0.488 e. The van der Waals surface area contributed by atoms with Gasteiger partial charge in [0, 0.05) is 19.0 Å². The van der Waals surface area contributed by atoms with E-state index >= 15 is 0 Å². The minimum absolute atomic E-state index is 0.0361. The van der Waals surface area contributed by atoms with Gasteiger partial charge in [-0.15, -0.1) is 0 Å². The van der Waals surface area contributed by atoms with Crippen LogP contribution in [0.4, 0.5) is 0 Å². The van der Waals surface area contributed by atoms with Crippen LogP contribution in [0.1, 0.15) is 36.2 Å². The molecule has 1 aliphatic rings. The third kappa shape index (κ3) is 4.02. The van der Waals surface area contributed by atoms with Crippen molar-refractivity contribution in [2.45, 2.75) is 32.5 Å². The lowest BCUT2D eigenvalue weighted by Gasteiger charge is -2.41. The predicted molar refractivity (Wildman–Crippen MR) is 97.5 cm³/mol. The highest BCUT2D eigenvalue weighted by Crippen LogP contribution is 2.29. The van der Waals surface area contributed by atoms with E-state index in [1.165, 1.54) is 0 Å². The van der Waals surface area contributed by atoms with E-state index in [4.69, 9.17) is 4.74 Å². The molecule has 4 heteroatoms. The Kier molecular flexibility index (Phi) is 5.09. The van der Waals surface area contributed by atoms with Gasteiger partial charge >= 0.3 is 0 Å². The van der Waals surface area contributed by atoms with Gasteiger partial charge in [-0.05, 0) is 31.0 Å². The standard InChI is InChI=1S/C21H25NO3/c1-16-14-22(13-12-21(16,2)24)20(23)18-10-6-7-11-19(18)25-15-17-8-4-3-5-9-17/h3-11,16,24H,12-15H2,1-2H3. The SMILES string of the molecule is CC1CN(C(=O)c2ccccc2OCc2ccccc2)CCC1(C)O. The molecule has 2 aromatic rings. The zero-order valence-corrected chi connectivity index (χ0v) is 14.8. The normalized spacial score (nSPS) is 23.3. The van der Waals surface area contributed by atoms with Crippen molar-refractivity contribution in [1.82, 2.24) is 4.90 Å². The molecular formula is C21H25NO3. The minimum Gasteiger partial charge on any atom is -0.488 e. The first-order valence-corrected chi connectivity index (χ1v) is 8.75. The van der Waals surface area contributed by atoms with E-state index in [1.807, 2.05) is 67.3 Å². The van der Waals surface area contributed by atoms with Crippen LogP contribution in [0.5, 0.6) is 5.75 Å². The molecule has 2 unspecified atom stereocenters. The average molecular weight is 339 g/mol. The fourth-order valence-corrected chi connectivity index (χ4v) is 3.09. The van der Waals surface area contributed by atoms with Crippen LogP contribution in [0.2, 0.25) is 0 Å². The van der Waals surface area contributed by atoms with Crippen molar-refractivity contribution in [3.05, 3.63) is 65.7 Å². The molecule has 2 aromatic carbocycles. The number of nitrogens with zero attached hydrogens (tertiary/aromatic N) is 1. The van der Waals surface area contributed by atoms with Gasteiger partial charge in [-0.2, -0.15) is 0 Å². The van der Waals surface area contributed by atoms with E-state index in [9.17, 15) is 9.90 Å². The molecule has 2 atom stereocenters. The van der Waals surface area contributed by atoms with Crippen molar-refractivity contribution >= 4 is 5.91 Å². The molecule has 3 rings (SSSR count). The number of carbonyl (C=O) groups excluding carboxylic acids is 1. The van der Waals surface area contributed by atoms with Gasteiger partial charge in [0.05, 0.1) is 11.2 Å². The molecule has 0 aromatic heterocycles. The third-order valence-electron chi connectivity index (χ3n) is 5.09. The van der Waals surface area contributed by atoms with E-state index in [2.05, 4.69) is 0 Å². The molecule has 1 heterocycles. The number of rotatable bonds is 4. The molecule has 0 radical (unpaired) electrons. The minimum atomic E-state index is -0.708. The van der Waals surface area contributed by atoms with Gasteiger partial charge < -0.3 is 14.7 Å². The molecule has 132 valence electrons. The second-order valence-corrected chi connectivity index (χ2v) is 7.03. The monoisotopic (exact) mass is 339 g/mol. The molecule has 1 fully saturated rings. The van der Waals surface area contributed by atoms with Crippen molar-refractivity contribution in [2.75, 3.05) is 13.1 Å². The summed E-state index contributed by atoms with van der Waals surface area (Å²) in [6, 6.07) is 17.3. The van der Waals surface area contributed by atoms with Gasteiger partial charge in [0.1, 0.15) is 12.4 Å². The highest BCUT2D eigenvalue weighted by Gasteiger charge is 2.36. The number of hydrogen-bond donors (Lipinski definition) is 1. The molecule has 1 saturated heterocycles. The van der Waals surface area contributed by atoms with Crippen molar-refractivity contribution in [1.29, 1.82) is 0 Å². The van der Waals surface area contributed by atoms with Crippen molar-refractivity contribution in [3.8, 4) is 5.75 Å². The van der Waals surface area contributed by atoms with Crippen molar-refractivity contribution < 1.29 is 14.6 Å². The lowest BCUT2D eigenvalue weighted by molar-refractivity contribution is -0.0440. The van der Waals surface area contributed by atoms with Crippen molar-refractivity contribution in [2.24, 2.45) is 5.92 Å². The van der Waals surface area contributed by atoms with Gasteiger partial charge in [-0.3, -0.25) is 4.79 Å². The number of carbonyl (C=O) groups is 1. The predicted octanol–water partition coefficient (Wildman–Crippen LogP) is 3.50. The van der Waals surface area contributed by atoms with Crippen LogP contribution in [0.25, 0.3) is 0 Å². The van der Waals surface area contributed by atoms with E-state index < -0.39 is 5.60 Å². The van der Waals surface area contributed by atoms with Crippen LogP contribution in [-0.2, 0) is 6.61 Å². The molecule has 0 aliphatic carbocycles. The Morgan fingerprint density at radius 1 is 1.20 bits per heavy atom. The Hall–Kier alpha value is -2.33. The van der Waals surface area contributed by atoms with E-state index in [0.29, 0.717) is 37.4 Å². The van der Waals surface area contributed by atoms with Gasteiger partial charge in [0.2, 0.25) is 0 Å². The molecule has 1 aliphatic heterocycles. The number of piperidine rings is 1. The number of ether oxygens (including phenoxy) is 1. The lowest BCUT2D eigenvalue weighted by Crippen LogP contribution is -2.50. The van der Waals surface area contributed by atoms with Crippen LogP contribution < -0.4 is 4.74 Å². The first-order valence-electron chi connectivity index (χ1n) is 8.75. The maximum Gasteiger partial charge on any atom is 0.257 e. The molecule has 0 bridgehead atoms. The molecule has 0 saturated carbocycles. The zero-order valence-electron chi connectivity index (χ0n) is 14.8. The Morgan fingerprint density at radius 2 is 1.88 bits per heavy atom. The zero-order chi connectivity index (χ0) is 17.9. The second kappa shape index (κ2) is 7.28. The van der Waals surface area contributed by atoms with Crippen LogP contribution in [0.15, 0.2) is 54.6 Å². The molecule has 25 heavy (non-hydrogen) atoms. The fourth-order valence-electron chi connectivity index (χ4n) is 3.09. The Balaban J connectivity index is 1.73. The van der Waals surface area contributed by atoms with Gasteiger partial charge in [-0.25, -0.2) is 0 Å². The maximum atomic E-state index is 13.0. The summed E-state index contributed by atoms with van der Waals surface area (Å²) in [5.74, 6) is 0.606. The highest BCUT2D eigenvalue weighted by atomic mass is 16.5. The molecular weight excluding hydrogens is 314 g/mol. The molecule has 4 nitrogen and oxygen atoms in total. The second-order valence-electron chi connectivity index (χ2n) is 7.03. The summed E-state index contributed by atoms with van der Waals surface area (Å²) in [7, 11) is 0. The van der Waals surface area contributed by atoms with E-state index in [-0.39, 0.29) is 11.8 Å². The number of likely N-dealkylation sites (tertiary alicyclic amines) is 1. The van der Waals surface area contributed by atoms with E-state index in [0.717, 1.165) is 5.56 Å². The molecule has 1 N–H and O–H groups in total. The summed E-state index contributed by atoms with van der Waals surface area (Å²) in [6.45, 7) is 5.37. The summed E-state index contributed by atoms with van der Waals surface area (Å²) in [6.07, 6.45) is 0.590.